The second-order valence-corrected chi connectivity index (χ2v) is 6.11. The van der Waals surface area contributed by atoms with Crippen LogP contribution in [-0.4, -0.2) is 22.6 Å². The molecule has 5 nitrogen and oxygen atoms in total. The van der Waals surface area contributed by atoms with Crippen LogP contribution >= 0.6 is 0 Å². The van der Waals surface area contributed by atoms with Gasteiger partial charge in [0.25, 0.3) is 0 Å². The minimum absolute atomic E-state index is 0.104. The number of ether oxygens (including phenoxy) is 1. The molecule has 0 saturated carbocycles. The lowest BCUT2D eigenvalue weighted by Gasteiger charge is -2.21. The van der Waals surface area contributed by atoms with Gasteiger partial charge in [-0.25, -0.2) is 4.98 Å². The van der Waals surface area contributed by atoms with Crippen LogP contribution in [0.25, 0.3) is 0 Å². The number of anilines is 4. The molecule has 1 N–H and O–H groups in total. The normalized spacial score (nSPS) is 10.6. The topological polar surface area (TPSA) is 50.3 Å². The highest BCUT2D eigenvalue weighted by Crippen LogP contribution is 2.28. The Morgan fingerprint density at radius 1 is 1.00 bits per heavy atom. The molecular weight excluding hydrogens is 324 g/mol. The van der Waals surface area contributed by atoms with E-state index >= 15 is 0 Å². The number of hydrogen-bond acceptors (Lipinski definition) is 5. The van der Waals surface area contributed by atoms with E-state index in [1.807, 2.05) is 62.4 Å². The summed E-state index contributed by atoms with van der Waals surface area (Å²) in [4.78, 5) is 11.2. The van der Waals surface area contributed by atoms with Crippen LogP contribution in [0.4, 0.5) is 23.1 Å². The highest BCUT2D eigenvalue weighted by molar-refractivity contribution is 5.65. The van der Waals surface area contributed by atoms with E-state index in [0.717, 1.165) is 29.5 Å². The lowest BCUT2D eigenvalue weighted by molar-refractivity contribution is 0.244. The molecular formula is C21H24N4O. The van der Waals surface area contributed by atoms with Crippen LogP contribution in [0.5, 0.6) is 5.75 Å². The van der Waals surface area contributed by atoms with Gasteiger partial charge in [0.1, 0.15) is 11.6 Å². The maximum atomic E-state index is 5.87. The minimum Gasteiger partial charge on any atom is -0.489 e. The molecule has 3 aromatic rings. The molecule has 1 heterocycles. The van der Waals surface area contributed by atoms with Crippen molar-refractivity contribution in [2.24, 2.45) is 0 Å². The number of nitrogens with one attached hydrogen (secondary N) is 1. The third-order valence-corrected chi connectivity index (χ3v) is 3.78. The Morgan fingerprint density at radius 2 is 1.73 bits per heavy atom. The number of nitrogens with zero attached hydrogens (tertiary/aromatic N) is 3. The van der Waals surface area contributed by atoms with E-state index < -0.39 is 0 Å². The molecule has 0 fully saturated rings. The van der Waals surface area contributed by atoms with Crippen molar-refractivity contribution in [1.29, 1.82) is 0 Å². The van der Waals surface area contributed by atoms with E-state index in [-0.39, 0.29) is 6.10 Å². The van der Waals surface area contributed by atoms with E-state index in [0.29, 0.717) is 5.95 Å². The summed E-state index contributed by atoms with van der Waals surface area (Å²) in [5, 5.41) is 3.35. The lowest BCUT2D eigenvalue weighted by atomic mass is 10.3. The Balaban J connectivity index is 1.86. The molecule has 0 amide bonds. The Hall–Kier alpha value is -3.08. The molecule has 134 valence electrons. The molecule has 0 aliphatic carbocycles. The van der Waals surface area contributed by atoms with Crippen LogP contribution in [-0.2, 0) is 0 Å². The largest absolute Gasteiger partial charge is 0.489 e. The average Bonchev–Trinajstić information content (AvgIpc) is 2.65. The standard InChI is InChI=1S/C21H24N4O/c1-4-25(17-10-6-5-7-11-17)21-22-15-14-20(24-21)23-18-12-8-9-13-19(18)26-16(2)3/h5-16H,4H2,1-3H3,(H,22,23,24). The Labute approximate surface area is 154 Å². The third-order valence-electron chi connectivity index (χ3n) is 3.78. The highest BCUT2D eigenvalue weighted by atomic mass is 16.5. The number of para-hydroxylation sites is 3. The molecule has 0 aliphatic heterocycles. The zero-order valence-electron chi connectivity index (χ0n) is 15.4. The van der Waals surface area contributed by atoms with Gasteiger partial charge in [0, 0.05) is 18.4 Å². The Kier molecular flexibility index (Phi) is 5.69. The van der Waals surface area contributed by atoms with E-state index in [4.69, 9.17) is 4.74 Å². The summed E-state index contributed by atoms with van der Waals surface area (Å²) < 4.78 is 5.87. The molecule has 0 aliphatic rings. The smallest absolute Gasteiger partial charge is 0.231 e. The number of rotatable bonds is 7. The van der Waals surface area contributed by atoms with Crippen LogP contribution in [0.2, 0.25) is 0 Å². The van der Waals surface area contributed by atoms with Crippen molar-refractivity contribution < 1.29 is 4.74 Å². The molecule has 0 unspecified atom stereocenters. The first kappa shape index (κ1) is 17.7. The van der Waals surface area contributed by atoms with Gasteiger partial charge >= 0.3 is 0 Å². The van der Waals surface area contributed by atoms with Crippen molar-refractivity contribution in [2.45, 2.75) is 26.9 Å². The Bertz CT molecular complexity index is 836. The van der Waals surface area contributed by atoms with Crippen LogP contribution in [0.15, 0.2) is 66.9 Å². The van der Waals surface area contributed by atoms with Crippen LogP contribution in [0, 0.1) is 0 Å². The summed E-state index contributed by atoms with van der Waals surface area (Å²) in [5.74, 6) is 2.19. The molecule has 3 rings (SSSR count). The van der Waals surface area contributed by atoms with E-state index in [1.54, 1.807) is 6.20 Å². The molecule has 0 spiro atoms. The first-order valence-electron chi connectivity index (χ1n) is 8.85. The van der Waals surface area contributed by atoms with Gasteiger partial charge < -0.3 is 15.0 Å². The maximum absolute atomic E-state index is 5.87. The fraction of sp³-hybridized carbons (Fsp3) is 0.238. The molecule has 1 aromatic heterocycles. The summed E-state index contributed by atoms with van der Waals surface area (Å²) in [6.45, 7) is 6.89. The second kappa shape index (κ2) is 8.34. The predicted octanol–water partition coefficient (Wildman–Crippen LogP) is 5.17. The predicted molar refractivity (Wildman–Crippen MR) is 107 cm³/mol. The number of hydrogen-bond donors (Lipinski definition) is 1. The van der Waals surface area contributed by atoms with Crippen molar-refractivity contribution in [3.63, 3.8) is 0 Å². The quantitative estimate of drug-likeness (QED) is 0.639. The SMILES string of the molecule is CCN(c1ccccc1)c1nccc(Nc2ccccc2OC(C)C)n1. The van der Waals surface area contributed by atoms with Crippen molar-refractivity contribution in [2.75, 3.05) is 16.8 Å². The highest BCUT2D eigenvalue weighted by Gasteiger charge is 2.12. The summed E-state index contributed by atoms with van der Waals surface area (Å²) in [5.41, 5.74) is 1.95. The van der Waals surface area contributed by atoms with Gasteiger partial charge in [0.05, 0.1) is 11.8 Å². The molecule has 0 radical (unpaired) electrons. The van der Waals surface area contributed by atoms with Crippen molar-refractivity contribution in [1.82, 2.24) is 9.97 Å². The fourth-order valence-electron chi connectivity index (χ4n) is 2.66. The average molecular weight is 348 g/mol. The molecule has 2 aromatic carbocycles. The van der Waals surface area contributed by atoms with Crippen molar-refractivity contribution in [3.8, 4) is 5.75 Å². The van der Waals surface area contributed by atoms with Crippen LogP contribution in [0.1, 0.15) is 20.8 Å². The zero-order valence-corrected chi connectivity index (χ0v) is 15.4. The summed E-state index contributed by atoms with van der Waals surface area (Å²) in [6.07, 6.45) is 1.87. The van der Waals surface area contributed by atoms with Gasteiger partial charge in [0.15, 0.2) is 0 Å². The molecule has 26 heavy (non-hydrogen) atoms. The van der Waals surface area contributed by atoms with Crippen molar-refractivity contribution >= 4 is 23.1 Å². The number of benzene rings is 2. The van der Waals surface area contributed by atoms with Gasteiger partial charge in [-0.05, 0) is 51.1 Å². The molecule has 0 bridgehead atoms. The van der Waals surface area contributed by atoms with Gasteiger partial charge in [-0.2, -0.15) is 4.98 Å². The lowest BCUT2D eigenvalue weighted by Crippen LogP contribution is -2.19. The summed E-state index contributed by atoms with van der Waals surface area (Å²) in [7, 11) is 0. The molecule has 5 heteroatoms. The monoisotopic (exact) mass is 348 g/mol. The maximum Gasteiger partial charge on any atom is 0.231 e. The van der Waals surface area contributed by atoms with E-state index in [1.165, 1.54) is 0 Å². The molecule has 0 atom stereocenters. The van der Waals surface area contributed by atoms with Crippen LogP contribution in [0.3, 0.4) is 0 Å². The first-order valence-corrected chi connectivity index (χ1v) is 8.85. The Morgan fingerprint density at radius 3 is 2.46 bits per heavy atom. The van der Waals surface area contributed by atoms with Gasteiger partial charge in [0.2, 0.25) is 5.95 Å². The van der Waals surface area contributed by atoms with Gasteiger partial charge in [-0.15, -0.1) is 0 Å². The third kappa shape index (κ3) is 4.30. The molecule has 0 saturated heterocycles. The van der Waals surface area contributed by atoms with Gasteiger partial charge in [-0.1, -0.05) is 30.3 Å². The van der Waals surface area contributed by atoms with E-state index in [9.17, 15) is 0 Å². The van der Waals surface area contributed by atoms with Gasteiger partial charge in [-0.3, -0.25) is 0 Å². The van der Waals surface area contributed by atoms with E-state index in [2.05, 4.69) is 39.2 Å². The minimum atomic E-state index is 0.104. The zero-order chi connectivity index (χ0) is 18.4. The first-order chi connectivity index (χ1) is 12.7. The van der Waals surface area contributed by atoms with Crippen molar-refractivity contribution in [3.05, 3.63) is 66.9 Å². The van der Waals surface area contributed by atoms with Crippen LogP contribution < -0.4 is 15.0 Å². The number of aromatic nitrogens is 2. The second-order valence-electron chi connectivity index (χ2n) is 6.11. The summed E-state index contributed by atoms with van der Waals surface area (Å²) >= 11 is 0. The fourth-order valence-corrected chi connectivity index (χ4v) is 2.66. The summed E-state index contributed by atoms with van der Waals surface area (Å²) in [6, 6.07) is 19.9.